The van der Waals surface area contributed by atoms with E-state index in [2.05, 4.69) is 52.3 Å². The van der Waals surface area contributed by atoms with Crippen LogP contribution in [0.25, 0.3) is 5.69 Å². The van der Waals surface area contributed by atoms with E-state index in [4.69, 9.17) is 14.0 Å². The van der Waals surface area contributed by atoms with Crippen LogP contribution in [0.4, 0.5) is 0 Å². The van der Waals surface area contributed by atoms with Crippen molar-refractivity contribution in [3.63, 3.8) is 0 Å². The summed E-state index contributed by atoms with van der Waals surface area (Å²) in [6, 6.07) is 35.2. The average molecular weight is 644 g/mol. The van der Waals surface area contributed by atoms with Crippen LogP contribution in [0.2, 0.25) is 0 Å². The number of nitrogens with zero attached hydrogens (tertiary/aromatic N) is 2. The summed E-state index contributed by atoms with van der Waals surface area (Å²) in [4.78, 5) is 0.144. The van der Waals surface area contributed by atoms with E-state index in [-0.39, 0.29) is 29.4 Å². The van der Waals surface area contributed by atoms with Gasteiger partial charge >= 0.3 is 0 Å². The molecule has 214 valence electrons. The van der Waals surface area contributed by atoms with Gasteiger partial charge in [-0.15, -0.1) is 0 Å². The van der Waals surface area contributed by atoms with Crippen LogP contribution < -0.4 is 4.74 Å². The van der Waals surface area contributed by atoms with Crippen molar-refractivity contribution in [3.8, 4) is 11.6 Å². The van der Waals surface area contributed by atoms with Crippen molar-refractivity contribution in [1.82, 2.24) is 9.78 Å². The summed E-state index contributed by atoms with van der Waals surface area (Å²) in [5, 5.41) is 4.94. The lowest BCUT2D eigenvalue weighted by Gasteiger charge is -2.39. The average Bonchev–Trinajstić information content (AvgIpc) is 3.33. The number of aromatic nitrogens is 2. The maximum absolute atomic E-state index is 13.0. The Hall–Kier alpha value is -3.72. The zero-order valence-corrected chi connectivity index (χ0v) is 25.8. The Kier molecular flexibility index (Phi) is 8.03. The van der Waals surface area contributed by atoms with Gasteiger partial charge < -0.3 is 4.74 Å². The molecule has 42 heavy (non-hydrogen) atoms. The highest BCUT2D eigenvalue weighted by molar-refractivity contribution is 9.10. The topological polar surface area (TPSA) is 70.4 Å². The Labute approximate surface area is 255 Å². The molecule has 0 unspecified atom stereocenters. The van der Waals surface area contributed by atoms with Crippen LogP contribution in [0.15, 0.2) is 119 Å². The molecule has 6 rings (SSSR count). The molecular formula is C34H31BrN2O4S. The molecule has 0 fully saturated rings. The van der Waals surface area contributed by atoms with E-state index in [0.29, 0.717) is 12.3 Å². The molecule has 0 radical (unpaired) electrons. The lowest BCUT2D eigenvalue weighted by Crippen LogP contribution is -2.36. The van der Waals surface area contributed by atoms with E-state index in [0.717, 1.165) is 38.1 Å². The van der Waals surface area contributed by atoms with Crippen molar-refractivity contribution in [3.05, 3.63) is 142 Å². The van der Waals surface area contributed by atoms with Crippen LogP contribution in [0.3, 0.4) is 0 Å². The van der Waals surface area contributed by atoms with Crippen LogP contribution in [0.5, 0.6) is 5.88 Å². The summed E-state index contributed by atoms with van der Waals surface area (Å²) in [7, 11) is -3.92. The number of ether oxygens (including phenoxy) is 1. The number of halogens is 1. The first-order valence-corrected chi connectivity index (χ1v) is 16.1. The molecule has 0 amide bonds. The van der Waals surface area contributed by atoms with Gasteiger partial charge in [-0.05, 0) is 61.4 Å². The molecular weight excluding hydrogens is 612 g/mol. The fraction of sp³-hybridized carbons (Fsp3) is 0.206. The van der Waals surface area contributed by atoms with Gasteiger partial charge in [0.2, 0.25) is 5.88 Å². The third kappa shape index (κ3) is 5.67. The van der Waals surface area contributed by atoms with Crippen molar-refractivity contribution in [2.24, 2.45) is 0 Å². The number of fused-ring (bicyclic) bond motifs is 1. The highest BCUT2D eigenvalue weighted by atomic mass is 79.9. The highest BCUT2D eigenvalue weighted by Gasteiger charge is 2.43. The summed E-state index contributed by atoms with van der Waals surface area (Å²) in [6.45, 7) is 3.91. The Bertz CT molecular complexity index is 1770. The van der Waals surface area contributed by atoms with Gasteiger partial charge in [0.15, 0.2) is 0 Å². The molecule has 3 atom stereocenters. The molecule has 8 heteroatoms. The number of para-hydroxylation sites is 1. The molecule has 1 aromatic heterocycles. The quantitative estimate of drug-likeness (QED) is 0.162. The van der Waals surface area contributed by atoms with Crippen LogP contribution >= 0.6 is 15.9 Å². The van der Waals surface area contributed by atoms with Gasteiger partial charge in [0.1, 0.15) is 6.10 Å². The van der Waals surface area contributed by atoms with Crippen LogP contribution in [0.1, 0.15) is 46.2 Å². The Morgan fingerprint density at radius 1 is 0.833 bits per heavy atom. The zero-order chi connectivity index (χ0) is 29.3. The predicted octanol–water partition coefficient (Wildman–Crippen LogP) is 7.72. The van der Waals surface area contributed by atoms with Gasteiger partial charge in [-0.3, -0.25) is 4.18 Å². The van der Waals surface area contributed by atoms with Crippen molar-refractivity contribution in [1.29, 1.82) is 0 Å². The van der Waals surface area contributed by atoms with Gasteiger partial charge in [-0.25, -0.2) is 4.68 Å². The van der Waals surface area contributed by atoms with E-state index < -0.39 is 10.1 Å². The molecule has 5 aromatic rings. The number of aryl methyl sites for hydroxylation is 2. The number of rotatable bonds is 8. The van der Waals surface area contributed by atoms with Crippen LogP contribution in [-0.2, 0) is 14.3 Å². The van der Waals surface area contributed by atoms with Gasteiger partial charge in [0, 0.05) is 28.3 Å². The number of hydrogen-bond donors (Lipinski definition) is 0. The van der Waals surface area contributed by atoms with Gasteiger partial charge in [0.05, 0.1) is 22.9 Å². The minimum Gasteiger partial charge on any atom is -0.473 e. The maximum atomic E-state index is 13.0. The van der Waals surface area contributed by atoms with Crippen molar-refractivity contribution in [2.45, 2.75) is 43.1 Å². The van der Waals surface area contributed by atoms with Crippen molar-refractivity contribution in [2.75, 3.05) is 6.61 Å². The zero-order valence-electron chi connectivity index (χ0n) is 23.4. The molecule has 0 saturated heterocycles. The van der Waals surface area contributed by atoms with E-state index >= 15 is 0 Å². The highest BCUT2D eigenvalue weighted by Crippen LogP contribution is 2.51. The molecule has 6 nitrogen and oxygen atoms in total. The second kappa shape index (κ2) is 11.9. The summed E-state index contributed by atoms with van der Waals surface area (Å²) in [5.74, 6) is 0.475. The molecule has 1 aliphatic heterocycles. The maximum Gasteiger partial charge on any atom is 0.296 e. The molecule has 1 aliphatic rings. The molecule has 0 spiro atoms. The normalized spacial score (nSPS) is 18.3. The first-order chi connectivity index (χ1) is 20.3. The van der Waals surface area contributed by atoms with Gasteiger partial charge in [-0.1, -0.05) is 94.3 Å². The van der Waals surface area contributed by atoms with Crippen molar-refractivity contribution >= 4 is 26.0 Å². The Morgan fingerprint density at radius 3 is 2.14 bits per heavy atom. The van der Waals surface area contributed by atoms with Crippen LogP contribution in [0, 0.1) is 13.8 Å². The summed E-state index contributed by atoms with van der Waals surface area (Å²) >= 11 is 3.58. The smallest absolute Gasteiger partial charge is 0.296 e. The first kappa shape index (κ1) is 28.4. The van der Waals surface area contributed by atoms with Crippen LogP contribution in [-0.4, -0.2) is 30.9 Å². The lowest BCUT2D eigenvalue weighted by atomic mass is 9.72. The summed E-state index contributed by atoms with van der Waals surface area (Å²) in [6.07, 6.45) is -0.0313. The SMILES string of the molecule is Cc1ccc(S(=O)(=O)OCC[C@H]2Oc3c(c(C)nn3-c3ccccc3)[C@@H](c3ccc(Br)cc3)[C@@H]2c2ccccc2)cc1. The standard InChI is InChI=1S/C34H31BrN2O4S/c1-23-13-19-29(20-14-23)42(38,39)40-22-21-30-32(25-9-5-3-6-10-25)33(26-15-17-27(35)18-16-26)31-24(2)36-37(34(31)41-30)28-11-7-4-8-12-28/h3-20,30,32-33H,21-22H2,1-2H3/t30-,32-,33-/m1/s1. The fourth-order valence-electron chi connectivity index (χ4n) is 5.76. The molecule has 0 bridgehead atoms. The van der Waals surface area contributed by atoms with E-state index in [1.807, 2.05) is 67.1 Å². The lowest BCUT2D eigenvalue weighted by molar-refractivity contribution is 0.104. The monoisotopic (exact) mass is 642 g/mol. The molecule has 2 heterocycles. The minimum atomic E-state index is -3.92. The van der Waals surface area contributed by atoms with E-state index in [1.165, 1.54) is 0 Å². The minimum absolute atomic E-state index is 0.0228. The van der Waals surface area contributed by atoms with E-state index in [9.17, 15) is 8.42 Å². The second-order valence-corrected chi connectivity index (χ2v) is 13.1. The fourth-order valence-corrected chi connectivity index (χ4v) is 6.94. The number of benzene rings is 4. The summed E-state index contributed by atoms with van der Waals surface area (Å²) < 4.78 is 41.3. The predicted molar refractivity (Wildman–Crippen MR) is 167 cm³/mol. The third-order valence-electron chi connectivity index (χ3n) is 7.76. The molecule has 0 N–H and O–H groups in total. The molecule has 0 aliphatic carbocycles. The third-order valence-corrected chi connectivity index (χ3v) is 9.62. The second-order valence-electron chi connectivity index (χ2n) is 10.6. The number of hydrogen-bond acceptors (Lipinski definition) is 5. The molecule has 4 aromatic carbocycles. The van der Waals surface area contributed by atoms with Gasteiger partial charge in [-0.2, -0.15) is 13.5 Å². The largest absolute Gasteiger partial charge is 0.473 e. The van der Waals surface area contributed by atoms with Crippen molar-refractivity contribution < 1.29 is 17.3 Å². The van der Waals surface area contributed by atoms with E-state index in [1.54, 1.807) is 24.3 Å². The Morgan fingerprint density at radius 2 is 1.48 bits per heavy atom. The Balaban J connectivity index is 1.43. The summed E-state index contributed by atoms with van der Waals surface area (Å²) in [5.41, 5.74) is 6.03. The molecule has 0 saturated carbocycles. The first-order valence-electron chi connectivity index (χ1n) is 13.9. The van der Waals surface area contributed by atoms with Gasteiger partial charge in [0.25, 0.3) is 10.1 Å².